The molecule has 0 atom stereocenters. The molecule has 3 heteroatoms. The number of rotatable bonds is 1. The largest absolute Gasteiger partial charge is 0.246 e. The maximum Gasteiger partial charge on any atom is 0.134 e. The molecule has 0 aliphatic carbocycles. The van der Waals surface area contributed by atoms with E-state index in [2.05, 4.69) is 0 Å². The molecule has 0 aromatic heterocycles. The van der Waals surface area contributed by atoms with E-state index in [-0.39, 0.29) is 5.56 Å². The lowest BCUT2D eigenvalue weighted by atomic mass is 10.1. The van der Waals surface area contributed by atoms with Gasteiger partial charge in [-0.3, -0.25) is 0 Å². The third-order valence-electron chi connectivity index (χ3n) is 1.51. The zero-order valence-electron chi connectivity index (χ0n) is 6.00. The number of benzene rings is 1. The SMILES string of the molecule is Cc1ccc(F)c(CF)c1F. The molecule has 0 aliphatic heterocycles. The molecule has 1 aromatic carbocycles. The lowest BCUT2D eigenvalue weighted by molar-refractivity contribution is 0.438. The molecule has 1 rings (SSSR count). The van der Waals surface area contributed by atoms with Gasteiger partial charge in [0, 0.05) is 0 Å². The van der Waals surface area contributed by atoms with Crippen molar-refractivity contribution in [3.63, 3.8) is 0 Å². The van der Waals surface area contributed by atoms with Crippen LogP contribution in [0.25, 0.3) is 0 Å². The Bertz CT molecular complexity index is 268. The molecule has 0 unspecified atom stereocenters. The van der Waals surface area contributed by atoms with Crippen molar-refractivity contribution in [3.05, 3.63) is 34.9 Å². The number of hydrogen-bond donors (Lipinski definition) is 0. The first-order valence-corrected chi connectivity index (χ1v) is 3.16. The van der Waals surface area contributed by atoms with E-state index < -0.39 is 23.9 Å². The van der Waals surface area contributed by atoms with Gasteiger partial charge in [0.15, 0.2) is 0 Å². The summed E-state index contributed by atoms with van der Waals surface area (Å²) in [6.07, 6.45) is 0. The predicted molar refractivity (Wildman–Crippen MR) is 35.9 cm³/mol. The summed E-state index contributed by atoms with van der Waals surface area (Å²) in [5, 5.41) is 0. The molecule has 0 saturated heterocycles. The summed E-state index contributed by atoms with van der Waals surface area (Å²) in [6.45, 7) is 0.368. The standard InChI is InChI=1S/C8H7F3/c1-5-2-3-7(10)6(4-9)8(5)11/h2-3H,4H2,1H3. The average Bonchev–Trinajstić information content (AvgIpc) is 1.99. The van der Waals surface area contributed by atoms with E-state index in [1.165, 1.54) is 13.0 Å². The van der Waals surface area contributed by atoms with Crippen molar-refractivity contribution in [2.24, 2.45) is 0 Å². The molecule has 0 radical (unpaired) electrons. The number of halogens is 3. The molecule has 1 aromatic rings. The van der Waals surface area contributed by atoms with E-state index in [9.17, 15) is 13.2 Å². The lowest BCUT2D eigenvalue weighted by Gasteiger charge is -2.01. The van der Waals surface area contributed by atoms with Gasteiger partial charge in [0.25, 0.3) is 0 Å². The quantitative estimate of drug-likeness (QED) is 0.592. The van der Waals surface area contributed by atoms with Crippen LogP contribution in [-0.4, -0.2) is 0 Å². The monoisotopic (exact) mass is 160 g/mol. The van der Waals surface area contributed by atoms with Crippen molar-refractivity contribution >= 4 is 0 Å². The minimum absolute atomic E-state index is 0.263. The highest BCUT2D eigenvalue weighted by molar-refractivity contribution is 5.25. The Hall–Kier alpha value is -0.990. The maximum absolute atomic E-state index is 12.8. The summed E-state index contributed by atoms with van der Waals surface area (Å²) in [5.41, 5.74) is -0.218. The predicted octanol–water partition coefficient (Wildman–Crippen LogP) is 2.74. The summed E-state index contributed by atoms with van der Waals surface area (Å²) in [5.74, 6) is -1.61. The summed E-state index contributed by atoms with van der Waals surface area (Å²) in [7, 11) is 0. The minimum atomic E-state index is -1.10. The van der Waals surface area contributed by atoms with Crippen molar-refractivity contribution in [2.45, 2.75) is 13.6 Å². The van der Waals surface area contributed by atoms with Crippen LogP contribution in [0.2, 0.25) is 0 Å². The van der Waals surface area contributed by atoms with Gasteiger partial charge >= 0.3 is 0 Å². The Labute approximate surface area is 62.7 Å². The van der Waals surface area contributed by atoms with E-state index in [0.717, 1.165) is 6.07 Å². The smallest absolute Gasteiger partial charge is 0.134 e. The van der Waals surface area contributed by atoms with Crippen LogP contribution < -0.4 is 0 Å². The van der Waals surface area contributed by atoms with Crippen LogP contribution in [0.4, 0.5) is 13.2 Å². The first kappa shape index (κ1) is 8.11. The first-order chi connectivity index (χ1) is 5.16. The topological polar surface area (TPSA) is 0 Å². The van der Waals surface area contributed by atoms with Gasteiger partial charge in [0.1, 0.15) is 18.3 Å². The van der Waals surface area contributed by atoms with Gasteiger partial charge in [-0.1, -0.05) is 6.07 Å². The molecular weight excluding hydrogens is 153 g/mol. The molecule has 0 bridgehead atoms. The van der Waals surface area contributed by atoms with Gasteiger partial charge in [-0.15, -0.1) is 0 Å². The van der Waals surface area contributed by atoms with Crippen LogP contribution in [0.15, 0.2) is 12.1 Å². The molecule has 0 nitrogen and oxygen atoms in total. The van der Waals surface area contributed by atoms with Gasteiger partial charge in [-0.2, -0.15) is 0 Å². The van der Waals surface area contributed by atoms with Gasteiger partial charge in [0.2, 0.25) is 0 Å². The molecule has 0 aliphatic rings. The Morgan fingerprint density at radius 1 is 1.27 bits per heavy atom. The van der Waals surface area contributed by atoms with E-state index in [4.69, 9.17) is 0 Å². The molecule has 0 N–H and O–H groups in total. The van der Waals surface area contributed by atoms with Gasteiger partial charge in [-0.25, -0.2) is 13.2 Å². The van der Waals surface area contributed by atoms with E-state index >= 15 is 0 Å². The second-order valence-corrected chi connectivity index (χ2v) is 2.29. The Morgan fingerprint density at radius 2 is 1.91 bits per heavy atom. The summed E-state index contributed by atoms with van der Waals surface area (Å²) >= 11 is 0. The Kier molecular flexibility index (Phi) is 2.17. The third-order valence-corrected chi connectivity index (χ3v) is 1.51. The molecular formula is C8H7F3. The Balaban J connectivity index is 3.29. The highest BCUT2D eigenvalue weighted by Crippen LogP contribution is 2.16. The summed E-state index contributed by atoms with van der Waals surface area (Å²) in [4.78, 5) is 0. The van der Waals surface area contributed by atoms with E-state index in [1.54, 1.807) is 0 Å². The second kappa shape index (κ2) is 2.95. The van der Waals surface area contributed by atoms with Crippen LogP contribution in [-0.2, 0) is 6.67 Å². The first-order valence-electron chi connectivity index (χ1n) is 3.16. The highest BCUT2D eigenvalue weighted by Gasteiger charge is 2.09. The lowest BCUT2D eigenvalue weighted by Crippen LogP contribution is -1.94. The van der Waals surface area contributed by atoms with Gasteiger partial charge in [0.05, 0.1) is 5.56 Å². The zero-order valence-corrected chi connectivity index (χ0v) is 6.00. The molecule has 60 valence electrons. The van der Waals surface area contributed by atoms with Gasteiger partial charge in [-0.05, 0) is 18.6 Å². The van der Waals surface area contributed by atoms with E-state index in [0.29, 0.717) is 0 Å². The van der Waals surface area contributed by atoms with Crippen molar-refractivity contribution in [2.75, 3.05) is 0 Å². The molecule has 0 heterocycles. The second-order valence-electron chi connectivity index (χ2n) is 2.29. The Morgan fingerprint density at radius 3 is 2.36 bits per heavy atom. The van der Waals surface area contributed by atoms with Crippen molar-refractivity contribution in [1.82, 2.24) is 0 Å². The van der Waals surface area contributed by atoms with Gasteiger partial charge < -0.3 is 0 Å². The summed E-state index contributed by atoms with van der Waals surface area (Å²) < 4.78 is 37.3. The normalized spacial score (nSPS) is 10.2. The molecule has 0 fully saturated rings. The summed E-state index contributed by atoms with van der Waals surface area (Å²) in [6, 6.07) is 2.34. The number of hydrogen-bond acceptors (Lipinski definition) is 0. The maximum atomic E-state index is 12.8. The zero-order chi connectivity index (χ0) is 8.43. The fourth-order valence-corrected chi connectivity index (χ4v) is 0.837. The van der Waals surface area contributed by atoms with Crippen molar-refractivity contribution in [3.8, 4) is 0 Å². The van der Waals surface area contributed by atoms with Crippen molar-refractivity contribution in [1.29, 1.82) is 0 Å². The molecule has 11 heavy (non-hydrogen) atoms. The van der Waals surface area contributed by atoms with Crippen LogP contribution in [0.1, 0.15) is 11.1 Å². The minimum Gasteiger partial charge on any atom is -0.246 e. The molecule has 0 amide bonds. The molecule has 0 spiro atoms. The van der Waals surface area contributed by atoms with Crippen molar-refractivity contribution < 1.29 is 13.2 Å². The van der Waals surface area contributed by atoms with E-state index in [1.807, 2.05) is 0 Å². The van der Waals surface area contributed by atoms with Crippen LogP contribution in [0.5, 0.6) is 0 Å². The number of aryl methyl sites for hydroxylation is 1. The average molecular weight is 160 g/mol. The fraction of sp³-hybridized carbons (Fsp3) is 0.250. The van der Waals surface area contributed by atoms with Crippen LogP contribution >= 0.6 is 0 Å². The van der Waals surface area contributed by atoms with Crippen LogP contribution in [0.3, 0.4) is 0 Å². The van der Waals surface area contributed by atoms with Crippen LogP contribution in [0, 0.1) is 18.6 Å². The fourth-order valence-electron chi connectivity index (χ4n) is 0.837. The molecule has 0 saturated carbocycles. The highest BCUT2D eigenvalue weighted by atomic mass is 19.1. The third kappa shape index (κ3) is 1.37. The number of alkyl halides is 1.